The lowest BCUT2D eigenvalue weighted by Crippen LogP contribution is -2.28. The van der Waals surface area contributed by atoms with E-state index in [1.165, 1.54) is 155 Å². The lowest BCUT2D eigenvalue weighted by atomic mass is 9.67. The Bertz CT molecular complexity index is 4700. The monoisotopic (exact) mass is 996 g/mol. The quantitative estimate of drug-likeness (QED) is 0.165. The molecular weight excluding hydrogens is 949 g/mol. The number of hydrogen-bond donors (Lipinski definition) is 0. The van der Waals surface area contributed by atoms with Gasteiger partial charge in [0, 0.05) is 0 Å². The molecule has 18 rings (SSSR count). The second-order valence-electron chi connectivity index (χ2n) is 22.5. The maximum atomic E-state index is 2.54. The second kappa shape index (κ2) is 15.6. The standard InChI is InChI=1S/C79H48/c1-2-24-56-49(19-1)41-44-73-76(56)65-31-9-16-38-72(65)79(73)71-37-15-8-30-62(71)64-43-40-53(48-75(64)79)51-21-18-23-55(46-51)77(66-32-10-3-25-57(66)58-26-4-11-33-67(58)77)54-22-17-20-50(45-54)52-39-42-63-61-29-7-14-36-70(61)78(74(63)47-52)68-34-12-5-27-59(68)60-28-6-13-35-69(60)78/h1-48H. The fourth-order valence-corrected chi connectivity index (χ4v) is 16.2. The smallest absolute Gasteiger partial charge is 0.0619 e. The van der Waals surface area contributed by atoms with Gasteiger partial charge in [-0.15, -0.1) is 0 Å². The van der Waals surface area contributed by atoms with Gasteiger partial charge in [0.05, 0.1) is 16.2 Å². The number of hydrogen-bond acceptors (Lipinski definition) is 0. The van der Waals surface area contributed by atoms with Crippen molar-refractivity contribution in [3.63, 3.8) is 0 Å². The fraction of sp³-hybridized carbons (Fsp3) is 0.0380. The van der Waals surface area contributed by atoms with Crippen molar-refractivity contribution < 1.29 is 0 Å². The third kappa shape index (κ3) is 5.30. The van der Waals surface area contributed by atoms with Gasteiger partial charge in [-0.3, -0.25) is 0 Å². The molecule has 0 amide bonds. The van der Waals surface area contributed by atoms with E-state index < -0.39 is 16.2 Å². The van der Waals surface area contributed by atoms with E-state index in [2.05, 4.69) is 291 Å². The molecule has 1 atom stereocenters. The van der Waals surface area contributed by atoms with Crippen molar-refractivity contribution in [2.45, 2.75) is 16.2 Å². The zero-order valence-electron chi connectivity index (χ0n) is 43.2. The number of benzene rings is 13. The summed E-state index contributed by atoms with van der Waals surface area (Å²) < 4.78 is 0. The minimum atomic E-state index is -0.616. The maximum Gasteiger partial charge on any atom is 0.0725 e. The predicted molar refractivity (Wildman–Crippen MR) is 325 cm³/mol. The second-order valence-corrected chi connectivity index (χ2v) is 22.5. The molecule has 5 aliphatic carbocycles. The van der Waals surface area contributed by atoms with Crippen LogP contribution >= 0.6 is 0 Å². The highest BCUT2D eigenvalue weighted by atomic mass is 14.5. The Hall–Kier alpha value is -9.88. The summed E-state index contributed by atoms with van der Waals surface area (Å²) in [4.78, 5) is 0. The van der Waals surface area contributed by atoms with Crippen LogP contribution in [0, 0.1) is 0 Å². The molecule has 79 heavy (non-hydrogen) atoms. The lowest BCUT2D eigenvalue weighted by Gasteiger charge is -2.34. The summed E-state index contributed by atoms with van der Waals surface area (Å²) in [6.45, 7) is 0. The van der Waals surface area contributed by atoms with Crippen LogP contribution in [0.25, 0.3) is 88.7 Å². The third-order valence-corrected chi connectivity index (χ3v) is 19.2. The molecule has 0 aromatic heterocycles. The summed E-state index contributed by atoms with van der Waals surface area (Å²) in [5.74, 6) is 0. The Balaban J connectivity index is 0.836. The maximum absolute atomic E-state index is 2.54. The zero-order chi connectivity index (χ0) is 51.6. The van der Waals surface area contributed by atoms with E-state index in [9.17, 15) is 0 Å². The van der Waals surface area contributed by atoms with Crippen LogP contribution in [0.5, 0.6) is 0 Å². The highest BCUT2D eigenvalue weighted by Gasteiger charge is 2.54. The van der Waals surface area contributed by atoms with E-state index in [0.717, 1.165) is 0 Å². The third-order valence-electron chi connectivity index (χ3n) is 19.2. The molecule has 0 nitrogen and oxygen atoms in total. The molecule has 0 aliphatic heterocycles. The van der Waals surface area contributed by atoms with Gasteiger partial charge < -0.3 is 0 Å². The summed E-state index contributed by atoms with van der Waals surface area (Å²) in [5.41, 5.74) is 32.5. The Morgan fingerprint density at radius 2 is 0.506 bits per heavy atom. The molecule has 0 saturated heterocycles. The molecule has 0 fully saturated rings. The Morgan fingerprint density at radius 1 is 0.177 bits per heavy atom. The lowest BCUT2D eigenvalue weighted by molar-refractivity contribution is 0.769. The van der Waals surface area contributed by atoms with Crippen LogP contribution in [0.1, 0.15) is 66.8 Å². The Kier molecular flexibility index (Phi) is 8.56. The van der Waals surface area contributed by atoms with Crippen molar-refractivity contribution in [3.05, 3.63) is 358 Å². The summed E-state index contributed by atoms with van der Waals surface area (Å²) in [6, 6.07) is 111. The van der Waals surface area contributed by atoms with Crippen LogP contribution in [0.3, 0.4) is 0 Å². The van der Waals surface area contributed by atoms with Crippen LogP contribution < -0.4 is 0 Å². The predicted octanol–water partition coefficient (Wildman–Crippen LogP) is 19.2. The van der Waals surface area contributed by atoms with Crippen LogP contribution in [0.4, 0.5) is 0 Å². The molecule has 13 aromatic rings. The molecule has 364 valence electrons. The normalized spacial score (nSPS) is 16.1. The van der Waals surface area contributed by atoms with Gasteiger partial charge in [0.25, 0.3) is 0 Å². The van der Waals surface area contributed by atoms with Crippen LogP contribution in [-0.2, 0) is 16.2 Å². The average molecular weight is 997 g/mol. The van der Waals surface area contributed by atoms with Crippen molar-refractivity contribution in [1.82, 2.24) is 0 Å². The first-order chi connectivity index (χ1) is 39.2. The number of fused-ring (bicyclic) bond motifs is 25. The van der Waals surface area contributed by atoms with Crippen LogP contribution in [-0.4, -0.2) is 0 Å². The van der Waals surface area contributed by atoms with Crippen molar-refractivity contribution in [2.24, 2.45) is 0 Å². The average Bonchev–Trinajstić information content (AvgIpc) is 3.44. The van der Waals surface area contributed by atoms with Gasteiger partial charge in [-0.25, -0.2) is 0 Å². The molecular formula is C79H48. The fourth-order valence-electron chi connectivity index (χ4n) is 16.2. The van der Waals surface area contributed by atoms with Gasteiger partial charge in [0.1, 0.15) is 0 Å². The minimum Gasteiger partial charge on any atom is -0.0619 e. The molecule has 2 spiro atoms. The van der Waals surface area contributed by atoms with Crippen molar-refractivity contribution in [2.75, 3.05) is 0 Å². The minimum absolute atomic E-state index is 0.420. The zero-order valence-corrected chi connectivity index (χ0v) is 43.2. The molecule has 0 heterocycles. The van der Waals surface area contributed by atoms with Gasteiger partial charge in [-0.1, -0.05) is 267 Å². The molecule has 1 unspecified atom stereocenters. The molecule has 5 aliphatic rings. The van der Waals surface area contributed by atoms with Gasteiger partial charge in [-0.2, -0.15) is 0 Å². The highest BCUT2D eigenvalue weighted by molar-refractivity contribution is 6.06. The first kappa shape index (κ1) is 43.2. The molecule has 0 saturated carbocycles. The summed E-state index contributed by atoms with van der Waals surface area (Å²) in [6.07, 6.45) is 0. The largest absolute Gasteiger partial charge is 0.0725 e. The Labute approximate surface area is 460 Å². The van der Waals surface area contributed by atoms with E-state index in [1.54, 1.807) is 0 Å². The molecule has 0 radical (unpaired) electrons. The molecule has 13 aromatic carbocycles. The van der Waals surface area contributed by atoms with Gasteiger partial charge in [-0.05, 0) is 180 Å². The van der Waals surface area contributed by atoms with Gasteiger partial charge >= 0.3 is 0 Å². The SMILES string of the molecule is c1cc(-c2ccc3c(c2)C2(c4ccccc4-c4ccccc42)c2ccccc2-3)cc(C2(c3cccc(-c4ccc5c(c4)C4(c6ccccc6-5)c5ccccc5-c5c4ccc4ccccc54)c3)c3ccccc3-c3ccccc32)c1. The molecule has 0 N–H and O–H groups in total. The number of rotatable bonds is 4. The van der Waals surface area contributed by atoms with Gasteiger partial charge in [0.2, 0.25) is 0 Å². The molecule has 0 heteroatoms. The van der Waals surface area contributed by atoms with Crippen molar-refractivity contribution in [3.8, 4) is 77.9 Å². The van der Waals surface area contributed by atoms with E-state index in [-0.39, 0.29) is 0 Å². The van der Waals surface area contributed by atoms with Crippen molar-refractivity contribution in [1.29, 1.82) is 0 Å². The van der Waals surface area contributed by atoms with E-state index in [0.29, 0.717) is 0 Å². The van der Waals surface area contributed by atoms with Crippen LogP contribution in [0.15, 0.2) is 291 Å². The van der Waals surface area contributed by atoms with Crippen LogP contribution in [0.2, 0.25) is 0 Å². The topological polar surface area (TPSA) is 0 Å². The summed E-state index contributed by atoms with van der Waals surface area (Å²) in [5, 5.41) is 2.58. The summed E-state index contributed by atoms with van der Waals surface area (Å²) >= 11 is 0. The van der Waals surface area contributed by atoms with E-state index >= 15 is 0 Å². The van der Waals surface area contributed by atoms with Gasteiger partial charge in [0.15, 0.2) is 0 Å². The van der Waals surface area contributed by atoms with E-state index in [4.69, 9.17) is 0 Å². The molecule has 0 bridgehead atoms. The van der Waals surface area contributed by atoms with E-state index in [1.807, 2.05) is 0 Å². The first-order valence-corrected chi connectivity index (χ1v) is 27.9. The van der Waals surface area contributed by atoms with Crippen molar-refractivity contribution >= 4 is 10.8 Å². The summed E-state index contributed by atoms with van der Waals surface area (Å²) in [7, 11) is 0. The Morgan fingerprint density at radius 3 is 0.949 bits per heavy atom. The highest BCUT2D eigenvalue weighted by Crippen LogP contribution is 2.66. The first-order valence-electron chi connectivity index (χ1n) is 27.9.